The molecule has 0 atom stereocenters. The zero-order valence-corrected chi connectivity index (χ0v) is 19.3. The normalized spacial score (nSPS) is 13.9. The van der Waals surface area contributed by atoms with Crippen molar-refractivity contribution in [1.82, 2.24) is 0 Å². The highest BCUT2D eigenvalue weighted by Gasteiger charge is 2.24. The molecule has 10 heteroatoms. The molecule has 0 fully saturated rings. The lowest BCUT2D eigenvalue weighted by Crippen LogP contribution is -2.12. The van der Waals surface area contributed by atoms with E-state index < -0.39 is 11.9 Å². The van der Waals surface area contributed by atoms with Crippen LogP contribution in [0.2, 0.25) is 0 Å². The Bertz CT molecular complexity index is 1300. The van der Waals surface area contributed by atoms with Crippen LogP contribution in [-0.4, -0.2) is 36.7 Å². The molecule has 2 aromatic carbocycles. The molecule has 1 N–H and O–H groups in total. The second kappa shape index (κ2) is 10.3. The van der Waals surface area contributed by atoms with Crippen LogP contribution in [-0.2, 0) is 14.3 Å². The van der Waals surface area contributed by atoms with E-state index in [2.05, 4.69) is 10.3 Å². The van der Waals surface area contributed by atoms with Gasteiger partial charge in [0.2, 0.25) is 11.8 Å². The molecule has 1 aromatic heterocycles. The van der Waals surface area contributed by atoms with Gasteiger partial charge in [-0.15, -0.1) is 22.9 Å². The molecule has 3 aromatic rings. The minimum atomic E-state index is -0.610. The maximum atomic E-state index is 12.3. The standard InChI is InChI=1S/C24H17ClN2O6S/c1-31-19-12-14(4-9-18(19)32-24(30)20-3-2-10-34-20)11-17-23(29)33-22(27-17)15-5-7-16(8-6-15)26-21(28)13-25/h2-12H,13H2,1H3,(H,26,28)/b17-11+. The van der Waals surface area contributed by atoms with E-state index in [-0.39, 0.29) is 29.1 Å². The summed E-state index contributed by atoms with van der Waals surface area (Å²) in [5, 5.41) is 4.41. The van der Waals surface area contributed by atoms with Gasteiger partial charge in [-0.2, -0.15) is 0 Å². The smallest absolute Gasteiger partial charge is 0.363 e. The van der Waals surface area contributed by atoms with Gasteiger partial charge < -0.3 is 19.5 Å². The lowest BCUT2D eigenvalue weighted by molar-refractivity contribution is -0.129. The van der Waals surface area contributed by atoms with E-state index in [9.17, 15) is 14.4 Å². The molecule has 0 spiro atoms. The summed E-state index contributed by atoms with van der Waals surface area (Å²) >= 11 is 6.76. The van der Waals surface area contributed by atoms with Gasteiger partial charge in [-0.25, -0.2) is 14.6 Å². The maximum Gasteiger partial charge on any atom is 0.363 e. The monoisotopic (exact) mass is 496 g/mol. The first-order chi connectivity index (χ1) is 16.5. The number of carbonyl (C=O) groups excluding carboxylic acids is 3. The Morgan fingerprint density at radius 2 is 1.94 bits per heavy atom. The highest BCUT2D eigenvalue weighted by atomic mass is 35.5. The Hall–Kier alpha value is -3.95. The number of rotatable bonds is 7. The Labute approximate surface area is 203 Å². The van der Waals surface area contributed by atoms with Crippen molar-refractivity contribution in [2.75, 3.05) is 18.3 Å². The molecule has 0 unspecified atom stereocenters. The molecule has 0 aliphatic carbocycles. The van der Waals surface area contributed by atoms with Crippen LogP contribution in [0.5, 0.6) is 11.5 Å². The molecule has 172 valence electrons. The average molecular weight is 497 g/mol. The number of esters is 2. The van der Waals surface area contributed by atoms with Crippen LogP contribution in [0.1, 0.15) is 20.8 Å². The number of alkyl halides is 1. The topological polar surface area (TPSA) is 103 Å². The number of hydrogen-bond donors (Lipinski definition) is 1. The molecular formula is C24H17ClN2O6S. The summed E-state index contributed by atoms with van der Waals surface area (Å²) in [5.74, 6) is -0.856. The summed E-state index contributed by atoms with van der Waals surface area (Å²) in [6.07, 6.45) is 1.54. The van der Waals surface area contributed by atoms with Crippen molar-refractivity contribution < 1.29 is 28.6 Å². The van der Waals surface area contributed by atoms with Gasteiger partial charge in [0.05, 0.1) is 7.11 Å². The average Bonchev–Trinajstić information content (AvgIpc) is 3.51. The number of methoxy groups -OCH3 is 1. The second-order valence-electron chi connectivity index (χ2n) is 6.87. The molecule has 0 saturated heterocycles. The molecular weight excluding hydrogens is 480 g/mol. The summed E-state index contributed by atoms with van der Waals surface area (Å²) in [6, 6.07) is 14.9. The number of hydrogen-bond acceptors (Lipinski definition) is 8. The minimum absolute atomic E-state index is 0.0971. The summed E-state index contributed by atoms with van der Waals surface area (Å²) in [5.41, 5.74) is 1.82. The molecule has 1 aliphatic rings. The zero-order valence-electron chi connectivity index (χ0n) is 17.7. The predicted octanol–water partition coefficient (Wildman–Crippen LogP) is 4.50. The zero-order chi connectivity index (χ0) is 24.1. The van der Waals surface area contributed by atoms with Crippen LogP contribution in [0.4, 0.5) is 5.69 Å². The van der Waals surface area contributed by atoms with Crippen molar-refractivity contribution in [2.24, 2.45) is 4.99 Å². The number of anilines is 1. The van der Waals surface area contributed by atoms with E-state index in [0.29, 0.717) is 27.4 Å². The molecule has 8 nitrogen and oxygen atoms in total. The summed E-state index contributed by atoms with van der Waals surface area (Å²) in [4.78, 5) is 40.7. The largest absolute Gasteiger partial charge is 0.493 e. The Kier molecular flexibility index (Phi) is 7.05. The third kappa shape index (κ3) is 5.33. The third-order valence-electron chi connectivity index (χ3n) is 4.57. The molecule has 4 rings (SSSR count). The fourth-order valence-corrected chi connectivity index (χ4v) is 3.65. The molecule has 0 saturated carbocycles. The number of benzene rings is 2. The van der Waals surface area contributed by atoms with Gasteiger partial charge in [-0.3, -0.25) is 4.79 Å². The third-order valence-corrected chi connectivity index (χ3v) is 5.67. The van der Waals surface area contributed by atoms with E-state index in [1.54, 1.807) is 60.0 Å². The molecule has 0 radical (unpaired) electrons. The van der Waals surface area contributed by atoms with Crippen molar-refractivity contribution in [1.29, 1.82) is 0 Å². The van der Waals surface area contributed by atoms with Gasteiger partial charge in [0.25, 0.3) is 0 Å². The number of ether oxygens (including phenoxy) is 3. The Morgan fingerprint density at radius 3 is 2.62 bits per heavy atom. The van der Waals surface area contributed by atoms with E-state index in [1.807, 2.05) is 0 Å². The van der Waals surface area contributed by atoms with E-state index >= 15 is 0 Å². The maximum absolute atomic E-state index is 12.3. The molecule has 1 amide bonds. The number of halogens is 1. The first kappa shape index (κ1) is 23.2. The lowest BCUT2D eigenvalue weighted by atomic mass is 10.1. The van der Waals surface area contributed by atoms with Gasteiger partial charge in [0.1, 0.15) is 10.8 Å². The number of cyclic esters (lactones) is 1. The molecule has 34 heavy (non-hydrogen) atoms. The van der Waals surface area contributed by atoms with Crippen molar-refractivity contribution in [3.8, 4) is 11.5 Å². The summed E-state index contributed by atoms with van der Waals surface area (Å²) in [7, 11) is 1.45. The van der Waals surface area contributed by atoms with Crippen LogP contribution < -0.4 is 14.8 Å². The van der Waals surface area contributed by atoms with Crippen LogP contribution >= 0.6 is 22.9 Å². The van der Waals surface area contributed by atoms with Crippen molar-refractivity contribution >= 4 is 58.4 Å². The van der Waals surface area contributed by atoms with Crippen LogP contribution in [0.15, 0.2) is 70.7 Å². The highest BCUT2D eigenvalue weighted by Crippen LogP contribution is 2.31. The number of nitrogens with one attached hydrogen (secondary N) is 1. The molecule has 2 heterocycles. The van der Waals surface area contributed by atoms with Crippen molar-refractivity contribution in [2.45, 2.75) is 0 Å². The summed E-state index contributed by atoms with van der Waals surface area (Å²) in [6.45, 7) is 0. The van der Waals surface area contributed by atoms with Crippen molar-refractivity contribution in [3.63, 3.8) is 0 Å². The Morgan fingerprint density at radius 1 is 1.15 bits per heavy atom. The first-order valence-corrected chi connectivity index (χ1v) is 11.3. The van der Waals surface area contributed by atoms with Gasteiger partial charge in [-0.1, -0.05) is 12.1 Å². The summed E-state index contributed by atoms with van der Waals surface area (Å²) < 4.78 is 16.0. The number of aliphatic imine (C=N–C) groups is 1. The lowest BCUT2D eigenvalue weighted by Gasteiger charge is -2.09. The predicted molar refractivity (Wildman–Crippen MR) is 129 cm³/mol. The fraction of sp³-hybridized carbons (Fsp3) is 0.0833. The molecule has 0 bridgehead atoms. The van der Waals surface area contributed by atoms with Crippen LogP contribution in [0, 0.1) is 0 Å². The number of nitrogens with zero attached hydrogens (tertiary/aromatic N) is 1. The quantitative estimate of drug-likeness (QED) is 0.223. The van der Waals surface area contributed by atoms with E-state index in [4.69, 9.17) is 25.8 Å². The van der Waals surface area contributed by atoms with Gasteiger partial charge >= 0.3 is 11.9 Å². The first-order valence-electron chi connectivity index (χ1n) is 9.89. The van der Waals surface area contributed by atoms with Gasteiger partial charge in [0.15, 0.2) is 17.2 Å². The minimum Gasteiger partial charge on any atom is -0.493 e. The van der Waals surface area contributed by atoms with E-state index in [1.165, 1.54) is 24.5 Å². The highest BCUT2D eigenvalue weighted by molar-refractivity contribution is 7.12. The Balaban J connectivity index is 1.52. The second-order valence-corrected chi connectivity index (χ2v) is 8.09. The fourth-order valence-electron chi connectivity index (χ4n) is 2.98. The number of thiophene rings is 1. The van der Waals surface area contributed by atoms with Gasteiger partial charge in [-0.05, 0) is 59.5 Å². The number of amides is 1. The SMILES string of the molecule is COc1cc(/C=C2/N=C(c3ccc(NC(=O)CCl)cc3)OC2=O)ccc1OC(=O)c1cccs1. The van der Waals surface area contributed by atoms with Crippen molar-refractivity contribution in [3.05, 3.63) is 81.7 Å². The van der Waals surface area contributed by atoms with Gasteiger partial charge in [0, 0.05) is 11.3 Å². The van der Waals surface area contributed by atoms with Crippen LogP contribution in [0.3, 0.4) is 0 Å². The van der Waals surface area contributed by atoms with Crippen LogP contribution in [0.25, 0.3) is 6.08 Å². The number of carbonyl (C=O) groups is 3. The van der Waals surface area contributed by atoms with E-state index in [0.717, 1.165) is 0 Å². The molecule has 1 aliphatic heterocycles.